The summed E-state index contributed by atoms with van der Waals surface area (Å²) < 4.78 is 6.59. The number of hydrogen-bond acceptors (Lipinski definition) is 4. The Morgan fingerprint density at radius 3 is 2.89 bits per heavy atom. The second-order valence-corrected chi connectivity index (χ2v) is 4.09. The fourth-order valence-corrected chi connectivity index (χ4v) is 1.68. The fraction of sp³-hybridized carbons (Fsp3) is 0.231. The van der Waals surface area contributed by atoms with Crippen molar-refractivity contribution in [3.05, 3.63) is 41.7 Å². The highest BCUT2D eigenvalue weighted by Crippen LogP contribution is 2.26. The van der Waals surface area contributed by atoms with Crippen molar-refractivity contribution in [1.29, 1.82) is 0 Å². The molecule has 2 aromatic rings. The molecule has 0 spiro atoms. The molecule has 0 saturated heterocycles. The minimum absolute atomic E-state index is 0.0588. The number of aromatic hydroxyl groups is 1. The van der Waals surface area contributed by atoms with Crippen LogP contribution in [0.4, 0.5) is 0 Å². The molecule has 0 aliphatic rings. The number of amides is 1. The van der Waals surface area contributed by atoms with Gasteiger partial charge in [0.1, 0.15) is 0 Å². The first kappa shape index (κ1) is 12.9. The van der Waals surface area contributed by atoms with Gasteiger partial charge in [0.05, 0.1) is 13.3 Å². The van der Waals surface area contributed by atoms with Gasteiger partial charge in [0.2, 0.25) is 0 Å². The third-order valence-electron chi connectivity index (χ3n) is 2.65. The Morgan fingerprint density at radius 2 is 2.32 bits per heavy atom. The molecule has 1 aromatic heterocycles. The van der Waals surface area contributed by atoms with Crippen LogP contribution in [0.15, 0.2) is 30.6 Å². The molecule has 1 aromatic carbocycles. The number of ether oxygens (including phenoxy) is 1. The van der Waals surface area contributed by atoms with E-state index in [1.807, 2.05) is 13.2 Å². The van der Waals surface area contributed by atoms with Gasteiger partial charge in [-0.1, -0.05) is 0 Å². The maximum absolute atomic E-state index is 11.9. The van der Waals surface area contributed by atoms with Crippen LogP contribution in [0.5, 0.6) is 11.5 Å². The third-order valence-corrected chi connectivity index (χ3v) is 2.65. The fourth-order valence-electron chi connectivity index (χ4n) is 1.68. The summed E-state index contributed by atoms with van der Waals surface area (Å²) in [6.45, 7) is 0.388. The zero-order chi connectivity index (χ0) is 13.8. The zero-order valence-electron chi connectivity index (χ0n) is 10.8. The highest BCUT2D eigenvalue weighted by atomic mass is 16.5. The standard InChI is InChI=1S/C13H15N3O3/c1-16-8-9(7-15-16)6-14-13(18)10-3-4-12(19-2)11(17)5-10/h3-5,7-8,17H,6H2,1-2H3,(H,14,18). The normalized spacial score (nSPS) is 10.2. The highest BCUT2D eigenvalue weighted by Gasteiger charge is 2.09. The molecule has 6 heteroatoms. The predicted molar refractivity (Wildman–Crippen MR) is 69.0 cm³/mol. The molecule has 1 amide bonds. The molecule has 0 saturated carbocycles. The molecule has 0 bridgehead atoms. The van der Waals surface area contributed by atoms with Crippen LogP contribution in [0, 0.1) is 0 Å². The molecule has 0 unspecified atom stereocenters. The number of aromatic nitrogens is 2. The molecular formula is C13H15N3O3. The first-order valence-electron chi connectivity index (χ1n) is 5.73. The van der Waals surface area contributed by atoms with E-state index in [4.69, 9.17) is 4.74 Å². The molecular weight excluding hydrogens is 246 g/mol. The SMILES string of the molecule is COc1ccc(C(=O)NCc2cnn(C)c2)cc1O. The van der Waals surface area contributed by atoms with E-state index in [9.17, 15) is 9.90 Å². The summed E-state index contributed by atoms with van der Waals surface area (Å²) in [5, 5.41) is 16.4. The molecule has 2 N–H and O–H groups in total. The van der Waals surface area contributed by atoms with E-state index in [2.05, 4.69) is 10.4 Å². The number of carbonyl (C=O) groups is 1. The van der Waals surface area contributed by atoms with Crippen molar-refractivity contribution < 1.29 is 14.6 Å². The van der Waals surface area contributed by atoms with Crippen LogP contribution in [0.2, 0.25) is 0 Å². The number of nitrogens with zero attached hydrogens (tertiary/aromatic N) is 2. The second kappa shape index (κ2) is 5.43. The van der Waals surface area contributed by atoms with Crippen molar-refractivity contribution in [3.8, 4) is 11.5 Å². The van der Waals surface area contributed by atoms with Crippen LogP contribution < -0.4 is 10.1 Å². The number of aryl methyl sites for hydroxylation is 1. The molecule has 1 heterocycles. The number of carbonyl (C=O) groups excluding carboxylic acids is 1. The van der Waals surface area contributed by atoms with Crippen LogP contribution in [0.25, 0.3) is 0 Å². The molecule has 100 valence electrons. The Labute approximate surface area is 110 Å². The van der Waals surface area contributed by atoms with Crippen molar-refractivity contribution in [2.75, 3.05) is 7.11 Å². The van der Waals surface area contributed by atoms with Gasteiger partial charge in [-0.15, -0.1) is 0 Å². The predicted octanol–water partition coefficient (Wildman–Crippen LogP) is 1.06. The summed E-state index contributed by atoms with van der Waals surface area (Å²) in [5.74, 6) is 0.0159. The van der Waals surface area contributed by atoms with Crippen LogP contribution in [-0.4, -0.2) is 27.9 Å². The molecule has 0 aliphatic heterocycles. The Morgan fingerprint density at radius 1 is 1.53 bits per heavy atom. The summed E-state index contributed by atoms with van der Waals surface area (Å²) in [4.78, 5) is 11.9. The summed E-state index contributed by atoms with van der Waals surface area (Å²) in [7, 11) is 3.27. The van der Waals surface area contributed by atoms with Crippen LogP contribution >= 0.6 is 0 Å². The summed E-state index contributed by atoms with van der Waals surface area (Å²) in [5.41, 5.74) is 1.29. The Balaban J connectivity index is 2.01. The lowest BCUT2D eigenvalue weighted by molar-refractivity contribution is 0.0950. The quantitative estimate of drug-likeness (QED) is 0.863. The molecule has 0 fully saturated rings. The highest BCUT2D eigenvalue weighted by molar-refractivity contribution is 5.94. The first-order valence-corrected chi connectivity index (χ1v) is 5.73. The van der Waals surface area contributed by atoms with Crippen LogP contribution in [-0.2, 0) is 13.6 Å². The molecule has 0 radical (unpaired) electrons. The number of methoxy groups -OCH3 is 1. The average molecular weight is 261 g/mol. The molecule has 19 heavy (non-hydrogen) atoms. The molecule has 6 nitrogen and oxygen atoms in total. The minimum Gasteiger partial charge on any atom is -0.504 e. The monoisotopic (exact) mass is 261 g/mol. The van der Waals surface area contributed by atoms with Gasteiger partial charge >= 0.3 is 0 Å². The van der Waals surface area contributed by atoms with Gasteiger partial charge in [0.25, 0.3) is 5.91 Å². The largest absolute Gasteiger partial charge is 0.504 e. The number of hydrogen-bond donors (Lipinski definition) is 2. The van der Waals surface area contributed by atoms with E-state index in [1.165, 1.54) is 13.2 Å². The van der Waals surface area contributed by atoms with Crippen molar-refractivity contribution in [2.24, 2.45) is 7.05 Å². The lowest BCUT2D eigenvalue weighted by atomic mass is 10.2. The van der Waals surface area contributed by atoms with Gasteiger partial charge in [0.15, 0.2) is 11.5 Å². The van der Waals surface area contributed by atoms with E-state index in [-0.39, 0.29) is 11.7 Å². The van der Waals surface area contributed by atoms with Gasteiger partial charge in [0, 0.05) is 30.9 Å². The number of phenols is 1. The van der Waals surface area contributed by atoms with Crippen LogP contribution in [0.1, 0.15) is 15.9 Å². The van der Waals surface area contributed by atoms with E-state index >= 15 is 0 Å². The number of nitrogens with one attached hydrogen (secondary N) is 1. The molecule has 0 aliphatic carbocycles. The maximum Gasteiger partial charge on any atom is 0.251 e. The van der Waals surface area contributed by atoms with E-state index in [0.29, 0.717) is 17.9 Å². The number of phenolic OH excluding ortho intramolecular Hbond substituents is 1. The average Bonchev–Trinajstić information content (AvgIpc) is 2.81. The van der Waals surface area contributed by atoms with E-state index in [1.54, 1.807) is 23.0 Å². The maximum atomic E-state index is 11.9. The van der Waals surface area contributed by atoms with Gasteiger partial charge in [-0.3, -0.25) is 9.48 Å². The third kappa shape index (κ3) is 3.04. The smallest absolute Gasteiger partial charge is 0.251 e. The first-order chi connectivity index (χ1) is 9.10. The van der Waals surface area contributed by atoms with Gasteiger partial charge < -0.3 is 15.2 Å². The minimum atomic E-state index is -0.262. The van der Waals surface area contributed by atoms with Gasteiger partial charge in [-0.25, -0.2) is 0 Å². The summed E-state index contributed by atoms with van der Waals surface area (Å²) in [6, 6.07) is 4.52. The molecule has 0 atom stereocenters. The number of rotatable bonds is 4. The van der Waals surface area contributed by atoms with Crippen molar-refractivity contribution in [3.63, 3.8) is 0 Å². The Hall–Kier alpha value is -2.50. The number of benzene rings is 1. The van der Waals surface area contributed by atoms with E-state index in [0.717, 1.165) is 5.56 Å². The molecule has 2 rings (SSSR count). The van der Waals surface area contributed by atoms with Crippen molar-refractivity contribution in [1.82, 2.24) is 15.1 Å². The topological polar surface area (TPSA) is 76.4 Å². The lowest BCUT2D eigenvalue weighted by Crippen LogP contribution is -2.22. The van der Waals surface area contributed by atoms with Crippen molar-refractivity contribution >= 4 is 5.91 Å². The van der Waals surface area contributed by atoms with Gasteiger partial charge in [-0.05, 0) is 18.2 Å². The zero-order valence-corrected chi connectivity index (χ0v) is 10.8. The van der Waals surface area contributed by atoms with Crippen molar-refractivity contribution in [2.45, 2.75) is 6.54 Å². The summed E-state index contributed by atoms with van der Waals surface area (Å²) >= 11 is 0. The van der Waals surface area contributed by atoms with Crippen LogP contribution in [0.3, 0.4) is 0 Å². The lowest BCUT2D eigenvalue weighted by Gasteiger charge is -2.06. The Bertz CT molecular complexity index is 593. The van der Waals surface area contributed by atoms with Gasteiger partial charge in [-0.2, -0.15) is 5.10 Å². The second-order valence-electron chi connectivity index (χ2n) is 4.09. The van der Waals surface area contributed by atoms with E-state index < -0.39 is 0 Å². The summed E-state index contributed by atoms with van der Waals surface area (Å²) in [6.07, 6.45) is 3.51. The Kier molecular flexibility index (Phi) is 3.70.